The van der Waals surface area contributed by atoms with Crippen LogP contribution in [0.1, 0.15) is 20.3 Å². The summed E-state index contributed by atoms with van der Waals surface area (Å²) in [5.74, 6) is 0.677. The Bertz CT molecular complexity index is 380. The van der Waals surface area contributed by atoms with E-state index in [9.17, 15) is 10.1 Å². The molecule has 1 aromatic rings. The van der Waals surface area contributed by atoms with E-state index in [1.54, 1.807) is 0 Å². The van der Waals surface area contributed by atoms with Crippen molar-refractivity contribution in [2.75, 3.05) is 12.3 Å². The van der Waals surface area contributed by atoms with E-state index in [4.69, 9.17) is 10.5 Å². The van der Waals surface area contributed by atoms with Gasteiger partial charge in [0.1, 0.15) is 5.82 Å². The smallest absolute Gasteiger partial charge is 0.331 e. The summed E-state index contributed by atoms with van der Waals surface area (Å²) >= 11 is 0. The summed E-state index contributed by atoms with van der Waals surface area (Å²) in [6, 6.07) is 2.68. The SMILES string of the molecule is CC(C)CCOc1nc(N)ccc1[N+](=O)[O-]. The van der Waals surface area contributed by atoms with E-state index in [2.05, 4.69) is 4.98 Å². The van der Waals surface area contributed by atoms with E-state index in [0.29, 0.717) is 12.5 Å². The molecule has 88 valence electrons. The third-order valence-corrected chi connectivity index (χ3v) is 1.99. The van der Waals surface area contributed by atoms with Crippen molar-refractivity contribution in [3.63, 3.8) is 0 Å². The van der Waals surface area contributed by atoms with E-state index >= 15 is 0 Å². The van der Waals surface area contributed by atoms with Gasteiger partial charge in [0, 0.05) is 6.07 Å². The molecule has 2 N–H and O–H groups in total. The molecule has 0 aliphatic rings. The van der Waals surface area contributed by atoms with Crippen molar-refractivity contribution in [1.29, 1.82) is 0 Å². The summed E-state index contributed by atoms with van der Waals surface area (Å²) in [7, 11) is 0. The lowest BCUT2D eigenvalue weighted by atomic mass is 10.1. The number of aromatic nitrogens is 1. The largest absolute Gasteiger partial charge is 0.473 e. The lowest BCUT2D eigenvalue weighted by Gasteiger charge is -2.07. The van der Waals surface area contributed by atoms with Gasteiger partial charge in [-0.15, -0.1) is 0 Å². The van der Waals surface area contributed by atoms with Gasteiger partial charge in [0.05, 0.1) is 11.5 Å². The molecule has 0 saturated heterocycles. The fourth-order valence-corrected chi connectivity index (χ4v) is 1.08. The Morgan fingerprint density at radius 2 is 2.25 bits per heavy atom. The third-order valence-electron chi connectivity index (χ3n) is 1.99. The Morgan fingerprint density at radius 1 is 1.56 bits per heavy atom. The number of nitrogens with zero attached hydrogens (tertiary/aromatic N) is 2. The van der Waals surface area contributed by atoms with Gasteiger partial charge in [-0.05, 0) is 18.4 Å². The van der Waals surface area contributed by atoms with Crippen LogP contribution in [-0.2, 0) is 0 Å². The average molecular weight is 225 g/mol. The molecule has 0 saturated carbocycles. The predicted octanol–water partition coefficient (Wildman–Crippen LogP) is 2.00. The summed E-state index contributed by atoms with van der Waals surface area (Å²) in [4.78, 5) is 13.9. The highest BCUT2D eigenvalue weighted by Crippen LogP contribution is 2.25. The van der Waals surface area contributed by atoms with Crippen LogP contribution in [-0.4, -0.2) is 16.5 Å². The first-order chi connectivity index (χ1) is 7.50. The lowest BCUT2D eigenvalue weighted by Crippen LogP contribution is -2.06. The number of hydrogen-bond donors (Lipinski definition) is 1. The number of hydrogen-bond acceptors (Lipinski definition) is 5. The number of nitrogen functional groups attached to an aromatic ring is 1. The van der Waals surface area contributed by atoms with Crippen molar-refractivity contribution in [1.82, 2.24) is 4.98 Å². The highest BCUT2D eigenvalue weighted by Gasteiger charge is 2.16. The highest BCUT2D eigenvalue weighted by molar-refractivity contribution is 5.46. The highest BCUT2D eigenvalue weighted by atomic mass is 16.6. The van der Waals surface area contributed by atoms with Gasteiger partial charge in [-0.1, -0.05) is 13.8 Å². The van der Waals surface area contributed by atoms with E-state index in [1.165, 1.54) is 12.1 Å². The lowest BCUT2D eigenvalue weighted by molar-refractivity contribution is -0.386. The summed E-state index contributed by atoms with van der Waals surface area (Å²) in [5, 5.41) is 10.7. The number of pyridine rings is 1. The van der Waals surface area contributed by atoms with E-state index in [0.717, 1.165) is 6.42 Å². The fourth-order valence-electron chi connectivity index (χ4n) is 1.08. The van der Waals surface area contributed by atoms with Crippen LogP contribution in [0, 0.1) is 16.0 Å². The molecule has 0 aliphatic carbocycles. The van der Waals surface area contributed by atoms with Crippen LogP contribution in [0.3, 0.4) is 0 Å². The van der Waals surface area contributed by atoms with Gasteiger partial charge >= 0.3 is 5.69 Å². The zero-order chi connectivity index (χ0) is 12.1. The van der Waals surface area contributed by atoms with Gasteiger partial charge in [-0.2, -0.15) is 4.98 Å². The Labute approximate surface area is 93.6 Å². The molecule has 16 heavy (non-hydrogen) atoms. The summed E-state index contributed by atoms with van der Waals surface area (Å²) in [5.41, 5.74) is 5.29. The molecule has 0 fully saturated rings. The molecule has 0 bridgehead atoms. The van der Waals surface area contributed by atoms with Gasteiger partial charge in [0.25, 0.3) is 5.88 Å². The second kappa shape index (κ2) is 5.29. The normalized spacial score (nSPS) is 10.4. The topological polar surface area (TPSA) is 91.3 Å². The molecule has 6 nitrogen and oxygen atoms in total. The van der Waals surface area contributed by atoms with Gasteiger partial charge in [0.15, 0.2) is 0 Å². The molecule has 0 aromatic carbocycles. The number of anilines is 1. The Hall–Kier alpha value is -1.85. The maximum atomic E-state index is 10.7. The molecule has 0 atom stereocenters. The van der Waals surface area contributed by atoms with Gasteiger partial charge in [-0.3, -0.25) is 10.1 Å². The zero-order valence-corrected chi connectivity index (χ0v) is 9.34. The first-order valence-electron chi connectivity index (χ1n) is 5.04. The van der Waals surface area contributed by atoms with Crippen LogP contribution in [0.4, 0.5) is 11.5 Å². The van der Waals surface area contributed by atoms with Crippen LogP contribution in [0.2, 0.25) is 0 Å². The first-order valence-corrected chi connectivity index (χ1v) is 5.04. The zero-order valence-electron chi connectivity index (χ0n) is 9.34. The molecule has 0 radical (unpaired) electrons. The minimum Gasteiger partial charge on any atom is -0.473 e. The molecule has 1 rings (SSSR count). The second-order valence-corrected chi connectivity index (χ2v) is 3.85. The Balaban J connectivity index is 2.76. The predicted molar refractivity (Wildman–Crippen MR) is 60.3 cm³/mol. The monoisotopic (exact) mass is 225 g/mol. The molecule has 0 unspecified atom stereocenters. The third kappa shape index (κ3) is 3.38. The molecule has 0 aliphatic heterocycles. The molecule has 0 amide bonds. The molecule has 0 spiro atoms. The first kappa shape index (κ1) is 12.2. The minimum atomic E-state index is -0.531. The van der Waals surface area contributed by atoms with Gasteiger partial charge < -0.3 is 10.5 Å². The van der Waals surface area contributed by atoms with Gasteiger partial charge in [0.2, 0.25) is 0 Å². The van der Waals surface area contributed by atoms with Crippen LogP contribution in [0.5, 0.6) is 5.88 Å². The maximum absolute atomic E-state index is 10.7. The number of nitro groups is 1. The Morgan fingerprint density at radius 3 is 2.81 bits per heavy atom. The molecule has 6 heteroatoms. The van der Waals surface area contributed by atoms with Crippen molar-refractivity contribution >= 4 is 11.5 Å². The van der Waals surface area contributed by atoms with Crippen LogP contribution < -0.4 is 10.5 Å². The minimum absolute atomic E-state index is 0.00866. The van der Waals surface area contributed by atoms with Crippen molar-refractivity contribution in [3.8, 4) is 5.88 Å². The summed E-state index contributed by atoms with van der Waals surface area (Å²) < 4.78 is 5.26. The summed E-state index contributed by atoms with van der Waals surface area (Å²) in [6.07, 6.45) is 0.813. The van der Waals surface area contributed by atoms with Gasteiger partial charge in [-0.25, -0.2) is 0 Å². The number of ether oxygens (including phenoxy) is 1. The molecular formula is C10H15N3O3. The van der Waals surface area contributed by atoms with Crippen LogP contribution in [0.15, 0.2) is 12.1 Å². The summed E-state index contributed by atoms with van der Waals surface area (Å²) in [6.45, 7) is 4.49. The van der Waals surface area contributed by atoms with E-state index in [-0.39, 0.29) is 17.4 Å². The number of nitrogens with two attached hydrogens (primary N) is 1. The maximum Gasteiger partial charge on any atom is 0.331 e. The van der Waals surface area contributed by atoms with Crippen molar-refractivity contribution in [2.24, 2.45) is 5.92 Å². The quantitative estimate of drug-likeness (QED) is 0.611. The van der Waals surface area contributed by atoms with Crippen molar-refractivity contribution in [3.05, 3.63) is 22.2 Å². The second-order valence-electron chi connectivity index (χ2n) is 3.85. The molecule has 1 heterocycles. The molecular weight excluding hydrogens is 210 g/mol. The standard InChI is InChI=1S/C10H15N3O3/c1-7(2)5-6-16-10-8(13(14)15)3-4-9(11)12-10/h3-4,7H,5-6H2,1-2H3,(H2,11,12). The number of rotatable bonds is 5. The average Bonchev–Trinajstić information content (AvgIpc) is 2.16. The van der Waals surface area contributed by atoms with E-state index in [1.807, 2.05) is 13.8 Å². The molecule has 1 aromatic heterocycles. The van der Waals surface area contributed by atoms with Crippen molar-refractivity contribution in [2.45, 2.75) is 20.3 Å². The van der Waals surface area contributed by atoms with Crippen molar-refractivity contribution < 1.29 is 9.66 Å². The fraction of sp³-hybridized carbons (Fsp3) is 0.500. The van der Waals surface area contributed by atoms with Crippen LogP contribution >= 0.6 is 0 Å². The van der Waals surface area contributed by atoms with E-state index < -0.39 is 4.92 Å². The Kier molecular flexibility index (Phi) is 4.04. The van der Waals surface area contributed by atoms with Crippen LogP contribution in [0.25, 0.3) is 0 Å².